The first kappa shape index (κ1) is 12.9. The molecule has 0 saturated carbocycles. The number of nitro groups is 1. The van der Waals surface area contributed by atoms with Crippen molar-refractivity contribution in [3.63, 3.8) is 0 Å². The van der Waals surface area contributed by atoms with Gasteiger partial charge in [0.25, 0.3) is 0 Å². The van der Waals surface area contributed by atoms with Crippen LogP contribution in [0.25, 0.3) is 11.0 Å². The van der Waals surface area contributed by atoms with Gasteiger partial charge in [-0.05, 0) is 24.3 Å². The van der Waals surface area contributed by atoms with Crippen LogP contribution in [0.1, 0.15) is 5.76 Å². The van der Waals surface area contributed by atoms with Crippen molar-refractivity contribution in [3.8, 4) is 0 Å². The molecule has 7 nitrogen and oxygen atoms in total. The lowest BCUT2D eigenvalue weighted by molar-refractivity contribution is -0.386. The molecule has 3 aromatic rings. The molecule has 2 heterocycles. The summed E-state index contributed by atoms with van der Waals surface area (Å²) in [6, 6.07) is 10.1. The Bertz CT molecular complexity index is 851. The van der Waals surface area contributed by atoms with Crippen LogP contribution in [0.5, 0.6) is 0 Å². The molecule has 106 valence electrons. The van der Waals surface area contributed by atoms with Crippen LogP contribution in [0, 0.1) is 10.1 Å². The number of nitrogens with one attached hydrogen (secondary N) is 1. The van der Waals surface area contributed by atoms with Crippen LogP contribution in [0.2, 0.25) is 0 Å². The van der Waals surface area contributed by atoms with Crippen LogP contribution in [0.4, 0.5) is 11.4 Å². The zero-order chi connectivity index (χ0) is 14.8. The molecule has 0 fully saturated rings. The maximum atomic E-state index is 11.8. The van der Waals surface area contributed by atoms with Crippen molar-refractivity contribution in [1.29, 1.82) is 0 Å². The van der Waals surface area contributed by atoms with Gasteiger partial charge in [0.15, 0.2) is 0 Å². The summed E-state index contributed by atoms with van der Waals surface area (Å²) in [6.45, 7) is 0.223. The molecule has 0 unspecified atom stereocenters. The molecule has 1 N–H and O–H groups in total. The predicted octanol–water partition coefficient (Wildman–Crippen LogP) is 2.91. The third kappa shape index (κ3) is 2.36. The molecule has 0 bridgehead atoms. The van der Waals surface area contributed by atoms with Crippen molar-refractivity contribution in [3.05, 3.63) is 69.0 Å². The van der Waals surface area contributed by atoms with Gasteiger partial charge in [0.2, 0.25) is 0 Å². The van der Waals surface area contributed by atoms with Crippen LogP contribution in [0.15, 0.2) is 56.3 Å². The maximum Gasteiger partial charge on any atom is 0.417 e. The fraction of sp³-hybridized carbons (Fsp3) is 0.0714. The van der Waals surface area contributed by atoms with Gasteiger partial charge in [-0.1, -0.05) is 12.1 Å². The molecule has 0 aliphatic carbocycles. The largest absolute Gasteiger partial charge is 0.467 e. The van der Waals surface area contributed by atoms with E-state index in [4.69, 9.17) is 8.83 Å². The highest BCUT2D eigenvalue weighted by atomic mass is 16.6. The van der Waals surface area contributed by atoms with Gasteiger partial charge in [-0.2, -0.15) is 0 Å². The van der Waals surface area contributed by atoms with E-state index in [9.17, 15) is 14.9 Å². The molecule has 0 amide bonds. The Hall–Kier alpha value is -3.09. The number of furan rings is 1. The standard InChI is InChI=1S/C14H10N2O5/c17-14-13(16(18)19)12(15-8-9-4-3-7-20-9)10-5-1-2-6-11(10)21-14/h1-7,15H,8H2. The monoisotopic (exact) mass is 286 g/mol. The fourth-order valence-electron chi connectivity index (χ4n) is 2.07. The van der Waals surface area contributed by atoms with Gasteiger partial charge in [-0.25, -0.2) is 4.79 Å². The van der Waals surface area contributed by atoms with Gasteiger partial charge in [-0.3, -0.25) is 10.1 Å². The number of para-hydroxylation sites is 1. The molecule has 0 aliphatic rings. The quantitative estimate of drug-likeness (QED) is 0.450. The molecular weight excluding hydrogens is 276 g/mol. The number of benzene rings is 1. The molecule has 0 radical (unpaired) electrons. The lowest BCUT2D eigenvalue weighted by Gasteiger charge is -2.07. The van der Waals surface area contributed by atoms with E-state index < -0.39 is 16.2 Å². The van der Waals surface area contributed by atoms with E-state index >= 15 is 0 Å². The average molecular weight is 286 g/mol. The second kappa shape index (κ2) is 5.12. The van der Waals surface area contributed by atoms with Crippen molar-refractivity contribution in [2.24, 2.45) is 0 Å². The molecule has 7 heteroatoms. The summed E-state index contributed by atoms with van der Waals surface area (Å²) in [7, 11) is 0. The maximum absolute atomic E-state index is 11.8. The zero-order valence-corrected chi connectivity index (χ0v) is 10.7. The van der Waals surface area contributed by atoms with E-state index in [0.29, 0.717) is 11.1 Å². The SMILES string of the molecule is O=c1oc2ccccc2c(NCc2ccco2)c1[N+](=O)[O-]. The third-order valence-electron chi connectivity index (χ3n) is 2.99. The van der Waals surface area contributed by atoms with Crippen LogP contribution in [-0.2, 0) is 6.54 Å². The van der Waals surface area contributed by atoms with Gasteiger partial charge in [0, 0.05) is 5.39 Å². The van der Waals surface area contributed by atoms with E-state index in [0.717, 1.165) is 0 Å². The summed E-state index contributed by atoms with van der Waals surface area (Å²) in [6.07, 6.45) is 1.50. The molecular formula is C14H10N2O5. The van der Waals surface area contributed by atoms with E-state index in [1.807, 2.05) is 0 Å². The first-order valence-electron chi connectivity index (χ1n) is 6.13. The number of anilines is 1. The van der Waals surface area contributed by atoms with Gasteiger partial charge < -0.3 is 14.2 Å². The fourth-order valence-corrected chi connectivity index (χ4v) is 2.07. The molecule has 1 aromatic carbocycles. The third-order valence-corrected chi connectivity index (χ3v) is 2.99. The molecule has 0 atom stereocenters. The second-order valence-electron chi connectivity index (χ2n) is 4.30. The Labute approximate surface area is 117 Å². The van der Waals surface area contributed by atoms with E-state index in [-0.39, 0.29) is 17.8 Å². The van der Waals surface area contributed by atoms with Gasteiger partial charge >= 0.3 is 11.3 Å². The van der Waals surface area contributed by atoms with Gasteiger partial charge in [0.05, 0.1) is 17.7 Å². The number of rotatable bonds is 4. The summed E-state index contributed by atoms with van der Waals surface area (Å²) < 4.78 is 10.1. The topological polar surface area (TPSA) is 98.5 Å². The first-order valence-corrected chi connectivity index (χ1v) is 6.13. The Morgan fingerprint density at radius 1 is 1.19 bits per heavy atom. The smallest absolute Gasteiger partial charge is 0.417 e. The van der Waals surface area contributed by atoms with Crippen LogP contribution >= 0.6 is 0 Å². The normalized spacial score (nSPS) is 10.7. The number of hydrogen-bond acceptors (Lipinski definition) is 6. The number of nitrogens with zero attached hydrogens (tertiary/aromatic N) is 1. The van der Waals surface area contributed by atoms with Crippen LogP contribution in [-0.4, -0.2) is 4.92 Å². The summed E-state index contributed by atoms with van der Waals surface area (Å²) in [5.41, 5.74) is -1.18. The van der Waals surface area contributed by atoms with E-state index in [1.165, 1.54) is 6.26 Å². The lowest BCUT2D eigenvalue weighted by atomic mass is 10.2. The molecule has 2 aromatic heterocycles. The highest BCUT2D eigenvalue weighted by Crippen LogP contribution is 2.30. The zero-order valence-electron chi connectivity index (χ0n) is 10.7. The Morgan fingerprint density at radius 2 is 2.00 bits per heavy atom. The Morgan fingerprint density at radius 3 is 2.71 bits per heavy atom. The van der Waals surface area contributed by atoms with Crippen LogP contribution < -0.4 is 10.9 Å². The highest BCUT2D eigenvalue weighted by molar-refractivity contribution is 5.94. The van der Waals surface area contributed by atoms with Crippen molar-refractivity contribution in [1.82, 2.24) is 0 Å². The van der Waals surface area contributed by atoms with Crippen molar-refractivity contribution in [2.75, 3.05) is 5.32 Å². The second-order valence-corrected chi connectivity index (χ2v) is 4.30. The van der Waals surface area contributed by atoms with E-state index in [2.05, 4.69) is 5.32 Å². The average Bonchev–Trinajstić information content (AvgIpc) is 2.97. The number of fused-ring (bicyclic) bond motifs is 1. The van der Waals surface area contributed by atoms with E-state index in [1.54, 1.807) is 36.4 Å². The molecule has 21 heavy (non-hydrogen) atoms. The highest BCUT2D eigenvalue weighted by Gasteiger charge is 2.24. The molecule has 0 saturated heterocycles. The summed E-state index contributed by atoms with van der Waals surface area (Å²) in [4.78, 5) is 22.2. The van der Waals surface area contributed by atoms with Crippen molar-refractivity contribution in [2.45, 2.75) is 6.54 Å². The van der Waals surface area contributed by atoms with Crippen molar-refractivity contribution < 1.29 is 13.8 Å². The summed E-state index contributed by atoms with van der Waals surface area (Å²) >= 11 is 0. The van der Waals surface area contributed by atoms with Gasteiger partial charge in [-0.15, -0.1) is 0 Å². The summed E-state index contributed by atoms with van der Waals surface area (Å²) in [5.74, 6) is 0.599. The minimum atomic E-state index is -0.986. The Kier molecular flexibility index (Phi) is 3.15. The molecule has 0 spiro atoms. The minimum absolute atomic E-state index is 0.128. The first-order chi connectivity index (χ1) is 10.2. The molecule has 0 aliphatic heterocycles. The lowest BCUT2D eigenvalue weighted by Crippen LogP contribution is -2.12. The van der Waals surface area contributed by atoms with Crippen LogP contribution in [0.3, 0.4) is 0 Å². The molecule has 3 rings (SSSR count). The number of hydrogen-bond donors (Lipinski definition) is 1. The minimum Gasteiger partial charge on any atom is -0.467 e. The van der Waals surface area contributed by atoms with Crippen molar-refractivity contribution >= 4 is 22.3 Å². The summed E-state index contributed by atoms with van der Waals surface area (Å²) in [5, 5.41) is 14.5. The predicted molar refractivity (Wildman–Crippen MR) is 75.2 cm³/mol. The van der Waals surface area contributed by atoms with Gasteiger partial charge in [0.1, 0.15) is 17.0 Å². The Balaban J connectivity index is 2.14.